The molecule has 4 N–H and O–H groups in total. The third-order valence-corrected chi connectivity index (χ3v) is 3.35. The maximum Gasteiger partial charge on any atom is 0.325 e. The van der Waals surface area contributed by atoms with Crippen LogP contribution in [-0.4, -0.2) is 43.7 Å². The number of primary amides is 1. The summed E-state index contributed by atoms with van der Waals surface area (Å²) in [7, 11) is 3.11. The largest absolute Gasteiger partial charge is 0.468 e. The number of carbonyl (C=O) groups is 2. The van der Waals surface area contributed by atoms with Gasteiger partial charge in [-0.15, -0.1) is 0 Å². The van der Waals surface area contributed by atoms with E-state index in [2.05, 4.69) is 10.6 Å². The number of amides is 1. The Kier molecular flexibility index (Phi) is 8.41. The Morgan fingerprint density at radius 1 is 1.30 bits per heavy atom. The molecule has 0 fully saturated rings. The van der Waals surface area contributed by atoms with E-state index in [0.717, 1.165) is 12.8 Å². The first kappa shape index (κ1) is 18.9. The summed E-state index contributed by atoms with van der Waals surface area (Å²) in [4.78, 5) is 23.0. The van der Waals surface area contributed by atoms with Crippen LogP contribution in [0.25, 0.3) is 0 Å². The van der Waals surface area contributed by atoms with E-state index >= 15 is 0 Å². The van der Waals surface area contributed by atoms with Crippen molar-refractivity contribution in [2.24, 2.45) is 5.73 Å². The fourth-order valence-electron chi connectivity index (χ4n) is 2.35. The van der Waals surface area contributed by atoms with Gasteiger partial charge in [0.1, 0.15) is 5.54 Å². The maximum absolute atomic E-state index is 11.9. The summed E-state index contributed by atoms with van der Waals surface area (Å²) in [5.74, 6) is -0.602. The quantitative estimate of drug-likeness (QED) is 0.403. The van der Waals surface area contributed by atoms with E-state index in [1.165, 1.54) is 7.11 Å². The van der Waals surface area contributed by atoms with Gasteiger partial charge in [-0.1, -0.05) is 12.8 Å². The van der Waals surface area contributed by atoms with Crippen LogP contribution >= 0.6 is 0 Å². The second-order valence-corrected chi connectivity index (χ2v) is 5.61. The maximum atomic E-state index is 11.9. The van der Waals surface area contributed by atoms with Gasteiger partial charge in [-0.2, -0.15) is 0 Å². The molecule has 0 bridgehead atoms. The molecular formula is C14H29N3O3. The third kappa shape index (κ3) is 6.34. The van der Waals surface area contributed by atoms with Gasteiger partial charge in [-0.25, -0.2) is 0 Å². The highest BCUT2D eigenvalue weighted by molar-refractivity contribution is 5.80. The Morgan fingerprint density at radius 2 is 1.90 bits per heavy atom. The summed E-state index contributed by atoms with van der Waals surface area (Å²) in [6.07, 6.45) is 2.97. The molecular weight excluding hydrogens is 258 g/mol. The molecule has 20 heavy (non-hydrogen) atoms. The van der Waals surface area contributed by atoms with Gasteiger partial charge in [0, 0.05) is 6.04 Å². The standard InChI is InChI=1S/C14H29N3O3/c1-10(2)17-14(3,13(19)20-5)9-7-6-8-11(16-4)12(15)18/h10-11,16-17H,6-9H2,1-5H3,(H2,15,18). The van der Waals surface area contributed by atoms with Crippen molar-refractivity contribution in [1.82, 2.24) is 10.6 Å². The van der Waals surface area contributed by atoms with E-state index in [4.69, 9.17) is 10.5 Å². The van der Waals surface area contributed by atoms with Crippen LogP contribution in [0.1, 0.15) is 46.5 Å². The van der Waals surface area contributed by atoms with Crippen molar-refractivity contribution >= 4 is 11.9 Å². The predicted octanol–water partition coefficient (Wildman–Crippen LogP) is 0.550. The molecule has 118 valence electrons. The van der Waals surface area contributed by atoms with Crippen LogP contribution < -0.4 is 16.4 Å². The summed E-state index contributed by atoms with van der Waals surface area (Å²) in [6.45, 7) is 5.83. The molecule has 0 aromatic heterocycles. The number of unbranched alkanes of at least 4 members (excludes halogenated alkanes) is 1. The average Bonchev–Trinajstić information content (AvgIpc) is 2.36. The van der Waals surface area contributed by atoms with E-state index < -0.39 is 5.54 Å². The van der Waals surface area contributed by atoms with E-state index in [1.807, 2.05) is 20.8 Å². The van der Waals surface area contributed by atoms with Gasteiger partial charge in [0.2, 0.25) is 5.91 Å². The Hall–Kier alpha value is -1.14. The number of rotatable bonds is 10. The SMILES string of the molecule is CNC(CCCCC(C)(NC(C)C)C(=O)OC)C(N)=O. The topological polar surface area (TPSA) is 93.4 Å². The molecule has 0 aromatic carbocycles. The zero-order valence-electron chi connectivity index (χ0n) is 13.3. The first-order chi connectivity index (χ1) is 9.26. The van der Waals surface area contributed by atoms with Gasteiger partial charge < -0.3 is 15.8 Å². The number of esters is 1. The molecule has 0 aliphatic heterocycles. The van der Waals surface area contributed by atoms with Crippen LogP contribution in [0, 0.1) is 0 Å². The van der Waals surface area contributed by atoms with E-state index in [-0.39, 0.29) is 24.0 Å². The van der Waals surface area contributed by atoms with Crippen LogP contribution in [0.3, 0.4) is 0 Å². The fraction of sp³-hybridized carbons (Fsp3) is 0.857. The van der Waals surface area contributed by atoms with E-state index in [1.54, 1.807) is 7.05 Å². The molecule has 0 saturated carbocycles. The number of nitrogens with two attached hydrogens (primary N) is 1. The van der Waals surface area contributed by atoms with Crippen LogP contribution in [0.4, 0.5) is 0 Å². The molecule has 0 radical (unpaired) electrons. The van der Waals surface area contributed by atoms with Gasteiger partial charge >= 0.3 is 5.97 Å². The van der Waals surface area contributed by atoms with Crippen LogP contribution in [0.2, 0.25) is 0 Å². The lowest BCUT2D eigenvalue weighted by molar-refractivity contribution is -0.148. The number of methoxy groups -OCH3 is 1. The zero-order chi connectivity index (χ0) is 15.8. The monoisotopic (exact) mass is 287 g/mol. The van der Waals surface area contributed by atoms with Crippen molar-refractivity contribution in [3.8, 4) is 0 Å². The summed E-state index contributed by atoms with van der Waals surface area (Å²) in [5, 5.41) is 6.13. The number of hydrogen-bond donors (Lipinski definition) is 3. The molecule has 0 aromatic rings. The van der Waals surface area contributed by atoms with E-state index in [0.29, 0.717) is 12.8 Å². The number of nitrogens with one attached hydrogen (secondary N) is 2. The zero-order valence-corrected chi connectivity index (χ0v) is 13.3. The van der Waals surface area contributed by atoms with Gasteiger partial charge in [-0.3, -0.25) is 14.9 Å². The minimum atomic E-state index is -0.690. The lowest BCUT2D eigenvalue weighted by Crippen LogP contribution is -2.52. The summed E-state index contributed by atoms with van der Waals surface area (Å²) in [6, 6.07) is -0.118. The van der Waals surface area contributed by atoms with Crippen molar-refractivity contribution in [2.45, 2.75) is 64.1 Å². The molecule has 2 atom stereocenters. The lowest BCUT2D eigenvalue weighted by atomic mass is 9.92. The number of hydrogen-bond acceptors (Lipinski definition) is 5. The molecule has 0 heterocycles. The Bertz CT molecular complexity index is 321. The molecule has 0 aliphatic rings. The second kappa shape index (κ2) is 8.92. The smallest absolute Gasteiger partial charge is 0.325 e. The molecule has 6 nitrogen and oxygen atoms in total. The molecule has 0 aliphatic carbocycles. The normalized spacial score (nSPS) is 15.7. The number of likely N-dealkylation sites (N-methyl/N-ethyl adjacent to an activating group) is 1. The molecule has 0 spiro atoms. The van der Waals surface area contributed by atoms with Crippen LogP contribution in [0.5, 0.6) is 0 Å². The lowest BCUT2D eigenvalue weighted by Gasteiger charge is -2.30. The highest BCUT2D eigenvalue weighted by Crippen LogP contribution is 2.18. The average molecular weight is 287 g/mol. The van der Waals surface area contributed by atoms with E-state index in [9.17, 15) is 9.59 Å². The molecule has 0 rings (SSSR count). The summed E-state index contributed by atoms with van der Waals surface area (Å²) in [5.41, 5.74) is 4.57. The van der Waals surface area contributed by atoms with Crippen molar-refractivity contribution in [1.29, 1.82) is 0 Å². The van der Waals surface area contributed by atoms with Gasteiger partial charge in [0.15, 0.2) is 0 Å². The predicted molar refractivity (Wildman–Crippen MR) is 79.2 cm³/mol. The first-order valence-corrected chi connectivity index (χ1v) is 7.09. The van der Waals surface area contributed by atoms with Crippen molar-refractivity contribution in [3.05, 3.63) is 0 Å². The minimum Gasteiger partial charge on any atom is -0.468 e. The number of ether oxygens (including phenoxy) is 1. The molecule has 0 saturated heterocycles. The summed E-state index contributed by atoms with van der Waals surface area (Å²) < 4.78 is 4.87. The van der Waals surface area contributed by atoms with Crippen molar-refractivity contribution in [3.63, 3.8) is 0 Å². The first-order valence-electron chi connectivity index (χ1n) is 7.09. The van der Waals surface area contributed by atoms with Crippen LogP contribution in [0.15, 0.2) is 0 Å². The summed E-state index contributed by atoms with van der Waals surface area (Å²) >= 11 is 0. The van der Waals surface area contributed by atoms with Gasteiger partial charge in [-0.05, 0) is 40.7 Å². The Morgan fingerprint density at radius 3 is 2.30 bits per heavy atom. The molecule has 2 unspecified atom stereocenters. The Labute approximate surface area is 121 Å². The van der Waals surface area contributed by atoms with Gasteiger partial charge in [0.25, 0.3) is 0 Å². The Balaban J connectivity index is 4.34. The second-order valence-electron chi connectivity index (χ2n) is 5.61. The molecule has 6 heteroatoms. The third-order valence-electron chi connectivity index (χ3n) is 3.35. The molecule has 1 amide bonds. The highest BCUT2D eigenvalue weighted by atomic mass is 16.5. The van der Waals surface area contributed by atoms with Crippen molar-refractivity contribution in [2.75, 3.05) is 14.2 Å². The number of carbonyl (C=O) groups excluding carboxylic acids is 2. The highest BCUT2D eigenvalue weighted by Gasteiger charge is 2.34. The minimum absolute atomic E-state index is 0.190. The van der Waals surface area contributed by atoms with Gasteiger partial charge in [0.05, 0.1) is 13.2 Å². The van der Waals surface area contributed by atoms with Crippen molar-refractivity contribution < 1.29 is 14.3 Å². The van der Waals surface area contributed by atoms with Crippen LogP contribution in [-0.2, 0) is 14.3 Å². The fourth-order valence-corrected chi connectivity index (χ4v) is 2.35.